The van der Waals surface area contributed by atoms with Crippen LogP contribution in [0.2, 0.25) is 0 Å². The number of ether oxygens (including phenoxy) is 1. The molecule has 0 aliphatic heterocycles. The van der Waals surface area contributed by atoms with Gasteiger partial charge in [0.2, 0.25) is 0 Å². The summed E-state index contributed by atoms with van der Waals surface area (Å²) in [6.45, 7) is 4.63. The molecule has 0 spiro atoms. The van der Waals surface area contributed by atoms with Crippen LogP contribution >= 0.6 is 0 Å². The molecule has 0 radical (unpaired) electrons. The van der Waals surface area contributed by atoms with Crippen LogP contribution in [0.25, 0.3) is 0 Å². The summed E-state index contributed by atoms with van der Waals surface area (Å²) in [5.74, 6) is 0. The predicted molar refractivity (Wildman–Crippen MR) is 44.7 cm³/mol. The molecule has 0 aliphatic rings. The first-order chi connectivity index (χ1) is 5.74. The van der Waals surface area contributed by atoms with Gasteiger partial charge in [0.1, 0.15) is 6.73 Å². The maximum absolute atomic E-state index is 10.3. The molecule has 0 fully saturated rings. The SMILES string of the molecule is CC(C)(C)OCN(C(=O)O)C(=O)O.[H-].[K+]. The van der Waals surface area contributed by atoms with E-state index in [1.54, 1.807) is 20.8 Å². The van der Waals surface area contributed by atoms with Gasteiger partial charge in [0, 0.05) is 0 Å². The van der Waals surface area contributed by atoms with Crippen molar-refractivity contribution < 1.29 is 77.4 Å². The van der Waals surface area contributed by atoms with Gasteiger partial charge >= 0.3 is 63.6 Å². The minimum Gasteiger partial charge on any atom is -1.00 e. The van der Waals surface area contributed by atoms with Crippen molar-refractivity contribution in [1.29, 1.82) is 0 Å². The van der Waals surface area contributed by atoms with Crippen molar-refractivity contribution in [2.24, 2.45) is 0 Å². The Morgan fingerprint density at radius 1 is 1.29 bits per heavy atom. The molecule has 0 aromatic carbocycles. The maximum Gasteiger partial charge on any atom is 1.00 e. The average molecular weight is 231 g/mol. The first-order valence-electron chi connectivity index (χ1n) is 3.61. The van der Waals surface area contributed by atoms with Crippen LogP contribution in [0.15, 0.2) is 0 Å². The molecule has 7 heteroatoms. The van der Waals surface area contributed by atoms with Crippen LogP contribution in [-0.2, 0) is 4.74 Å². The van der Waals surface area contributed by atoms with Crippen LogP contribution in [0.3, 0.4) is 0 Å². The van der Waals surface area contributed by atoms with E-state index >= 15 is 0 Å². The third kappa shape index (κ3) is 7.71. The van der Waals surface area contributed by atoms with Crippen molar-refractivity contribution in [2.75, 3.05) is 6.73 Å². The molecule has 0 bridgehead atoms. The van der Waals surface area contributed by atoms with E-state index in [4.69, 9.17) is 14.9 Å². The summed E-state index contributed by atoms with van der Waals surface area (Å²) >= 11 is 0. The molecule has 14 heavy (non-hydrogen) atoms. The van der Waals surface area contributed by atoms with Gasteiger partial charge in [-0.25, -0.2) is 9.59 Å². The van der Waals surface area contributed by atoms with Crippen LogP contribution in [0.5, 0.6) is 0 Å². The Kier molecular flexibility index (Phi) is 8.08. The monoisotopic (exact) mass is 231 g/mol. The Bertz CT molecular complexity index is 204. The minimum absolute atomic E-state index is 0. The summed E-state index contributed by atoms with van der Waals surface area (Å²) < 4.78 is 4.98. The second-order valence-corrected chi connectivity index (χ2v) is 3.38. The van der Waals surface area contributed by atoms with Crippen LogP contribution in [0, 0.1) is 0 Å². The Morgan fingerprint density at radius 2 is 1.64 bits per heavy atom. The van der Waals surface area contributed by atoms with E-state index in [1.807, 2.05) is 0 Å². The zero-order valence-electron chi connectivity index (χ0n) is 9.77. The van der Waals surface area contributed by atoms with Gasteiger partial charge in [-0.3, -0.25) is 0 Å². The van der Waals surface area contributed by atoms with Gasteiger partial charge in [-0.2, -0.15) is 4.90 Å². The first-order valence-corrected chi connectivity index (χ1v) is 3.61. The molecule has 0 aromatic heterocycles. The number of nitrogens with zero attached hydrogens (tertiary/aromatic N) is 1. The predicted octanol–water partition coefficient (Wildman–Crippen LogP) is -1.47. The van der Waals surface area contributed by atoms with E-state index in [1.165, 1.54) is 0 Å². The van der Waals surface area contributed by atoms with Crippen LogP contribution < -0.4 is 51.4 Å². The number of imide groups is 1. The molecule has 0 atom stereocenters. The minimum atomic E-state index is -1.54. The van der Waals surface area contributed by atoms with Crippen molar-refractivity contribution in [1.82, 2.24) is 4.90 Å². The second kappa shape index (κ2) is 6.75. The quantitative estimate of drug-likeness (QED) is 0.448. The summed E-state index contributed by atoms with van der Waals surface area (Å²) in [6, 6.07) is 0. The molecule has 0 saturated carbocycles. The molecule has 78 valence electrons. The summed E-state index contributed by atoms with van der Waals surface area (Å²) in [6.07, 6.45) is -3.09. The van der Waals surface area contributed by atoms with Gasteiger partial charge in [0.05, 0.1) is 5.60 Å². The van der Waals surface area contributed by atoms with Gasteiger partial charge in [0.15, 0.2) is 0 Å². The summed E-state index contributed by atoms with van der Waals surface area (Å²) in [5, 5.41) is 16.8. The topological polar surface area (TPSA) is 87.1 Å². The Morgan fingerprint density at radius 3 is 1.86 bits per heavy atom. The zero-order valence-corrected chi connectivity index (χ0v) is 11.9. The maximum atomic E-state index is 10.3. The Balaban J connectivity index is -0.000000720. The van der Waals surface area contributed by atoms with E-state index in [2.05, 4.69) is 0 Å². The number of amides is 2. The summed E-state index contributed by atoms with van der Waals surface area (Å²) in [4.78, 5) is 20.8. The van der Waals surface area contributed by atoms with Gasteiger partial charge in [-0.1, -0.05) is 0 Å². The van der Waals surface area contributed by atoms with E-state index < -0.39 is 24.5 Å². The molecule has 2 N–H and O–H groups in total. The third-order valence-corrected chi connectivity index (χ3v) is 1.09. The van der Waals surface area contributed by atoms with E-state index in [0.29, 0.717) is 0 Å². The average Bonchev–Trinajstić information content (AvgIpc) is 1.82. The number of rotatable bonds is 2. The van der Waals surface area contributed by atoms with Crippen LogP contribution in [0.1, 0.15) is 22.2 Å². The van der Waals surface area contributed by atoms with Crippen LogP contribution in [-0.4, -0.2) is 39.6 Å². The van der Waals surface area contributed by atoms with E-state index in [9.17, 15) is 9.59 Å². The molecule has 0 aliphatic carbocycles. The van der Waals surface area contributed by atoms with Crippen LogP contribution in [0.4, 0.5) is 9.59 Å². The largest absolute Gasteiger partial charge is 1.00 e. The molecular formula is C7H14KNO5. The van der Waals surface area contributed by atoms with Crippen molar-refractivity contribution in [3.05, 3.63) is 0 Å². The molecule has 0 saturated heterocycles. The third-order valence-electron chi connectivity index (χ3n) is 1.09. The van der Waals surface area contributed by atoms with E-state index in [-0.39, 0.29) is 57.7 Å². The smallest absolute Gasteiger partial charge is 1.00 e. The fourth-order valence-electron chi connectivity index (χ4n) is 0.450. The second-order valence-electron chi connectivity index (χ2n) is 3.38. The summed E-state index contributed by atoms with van der Waals surface area (Å²) in [7, 11) is 0. The molecule has 2 amide bonds. The van der Waals surface area contributed by atoms with E-state index in [0.717, 1.165) is 0 Å². The Labute approximate surface area is 126 Å². The molecule has 0 rings (SSSR count). The molecule has 0 heterocycles. The van der Waals surface area contributed by atoms with Crippen molar-refractivity contribution in [3.63, 3.8) is 0 Å². The fraction of sp³-hybridized carbons (Fsp3) is 0.714. The number of hydrogen-bond acceptors (Lipinski definition) is 3. The van der Waals surface area contributed by atoms with Gasteiger partial charge in [-0.15, -0.1) is 0 Å². The van der Waals surface area contributed by atoms with Crippen molar-refractivity contribution in [2.45, 2.75) is 26.4 Å². The first kappa shape index (κ1) is 16.8. The van der Waals surface area contributed by atoms with Crippen molar-refractivity contribution >= 4 is 12.2 Å². The van der Waals surface area contributed by atoms with Gasteiger partial charge in [-0.05, 0) is 20.8 Å². The molecule has 0 aromatic rings. The van der Waals surface area contributed by atoms with Gasteiger partial charge < -0.3 is 16.4 Å². The van der Waals surface area contributed by atoms with Crippen molar-refractivity contribution in [3.8, 4) is 0 Å². The fourth-order valence-corrected chi connectivity index (χ4v) is 0.450. The number of carbonyl (C=O) groups is 2. The molecule has 0 unspecified atom stereocenters. The Hall–Kier alpha value is 0.336. The molecule has 6 nitrogen and oxygen atoms in total. The summed E-state index contributed by atoms with van der Waals surface area (Å²) in [5.41, 5.74) is -0.566. The molecular weight excluding hydrogens is 217 g/mol. The zero-order chi connectivity index (χ0) is 10.6. The standard InChI is InChI=1S/C7H13NO5.K.H/c1-7(2,3)13-4-8(5(9)10)6(11)12;;/h4H2,1-3H3,(H,9,10)(H,11,12);;/q;+1;-1. The number of hydrogen-bond donors (Lipinski definition) is 2. The normalized spacial score (nSPS) is 10.2. The van der Waals surface area contributed by atoms with Gasteiger partial charge in [0.25, 0.3) is 0 Å². The number of carboxylic acid groups (broad SMARTS) is 2.